The van der Waals surface area contributed by atoms with E-state index in [2.05, 4.69) is 225 Å². The molecule has 0 aliphatic heterocycles. The maximum atomic E-state index is 11.3. The molecular formula is C72H112Co2N4O4. The number of phenols is 4. The van der Waals surface area contributed by atoms with Gasteiger partial charge in [-0.15, -0.1) is 0 Å². The fraction of sp³-hybridized carbons (Fsp3) is 0.639. The normalized spacial score (nSPS) is 18.9. The van der Waals surface area contributed by atoms with Gasteiger partial charge < -0.3 is 31.1 Å². The number of rotatable bonds is 10. The molecule has 8 nitrogen and oxygen atoms in total. The van der Waals surface area contributed by atoms with E-state index >= 15 is 0 Å². The first-order valence-corrected chi connectivity index (χ1v) is 30.4. The van der Waals surface area contributed by atoms with Crippen LogP contribution in [0.1, 0.15) is 284 Å². The Morgan fingerprint density at radius 1 is 0.354 bits per heavy atom. The molecule has 10 heteroatoms. The van der Waals surface area contributed by atoms with Crippen LogP contribution in [0.15, 0.2) is 58.5 Å². The number of aromatic hydroxyl groups is 4. The van der Waals surface area contributed by atoms with Crippen LogP contribution in [0.5, 0.6) is 23.0 Å². The Morgan fingerprint density at radius 3 is 0.854 bits per heavy atom. The molecule has 0 heterocycles. The van der Waals surface area contributed by atoms with E-state index in [1.807, 2.05) is 12.4 Å². The summed E-state index contributed by atoms with van der Waals surface area (Å²) in [6, 6.07) is 17.9. The minimum absolute atomic E-state index is 0. The summed E-state index contributed by atoms with van der Waals surface area (Å²) in [5.41, 5.74) is 11.6. The van der Waals surface area contributed by atoms with Crippen molar-refractivity contribution in [3.63, 3.8) is 0 Å². The number of hydrogen-bond acceptors (Lipinski definition) is 8. The van der Waals surface area contributed by atoms with Crippen molar-refractivity contribution < 1.29 is 54.0 Å². The third-order valence-corrected chi connectivity index (χ3v) is 16.7. The number of phenolic OH excluding ortho intramolecular Hbond substituents is 4. The van der Waals surface area contributed by atoms with Gasteiger partial charge in [0, 0.05) is 105 Å². The van der Waals surface area contributed by atoms with Crippen LogP contribution in [0, 0.1) is 0 Å². The summed E-state index contributed by atoms with van der Waals surface area (Å²) in [6.07, 6.45) is 12.6. The van der Waals surface area contributed by atoms with Crippen LogP contribution in [0.2, 0.25) is 0 Å². The van der Waals surface area contributed by atoms with Crippen molar-refractivity contribution in [2.45, 2.75) is 298 Å². The predicted molar refractivity (Wildman–Crippen MR) is 343 cm³/mol. The summed E-state index contributed by atoms with van der Waals surface area (Å²) in [5.74, 6) is 1.48. The molecule has 0 amide bonds. The van der Waals surface area contributed by atoms with E-state index in [9.17, 15) is 20.4 Å². The number of hydrogen-bond donors (Lipinski definition) is 6. The van der Waals surface area contributed by atoms with Gasteiger partial charge in [-0.3, -0.25) is 9.98 Å². The molecule has 2 aliphatic rings. The molecule has 4 atom stereocenters. The Bertz CT molecular complexity index is 2630. The second kappa shape index (κ2) is 27.4. The molecule has 4 aromatic carbocycles. The molecule has 82 heavy (non-hydrogen) atoms. The van der Waals surface area contributed by atoms with E-state index in [4.69, 9.17) is 9.98 Å². The number of nitrogens with zero attached hydrogens (tertiary/aromatic N) is 2. The SMILES string of the molecule is CC(C)(C)c1cc(C=NC2CCCCC2NCc2cc(C(C)(C)C)cc(C(C)(C)C)c2O)c(O)c(C(C)(C)C)c1.CC(C)(C)c1cc(C=NC2CCCCC2NCc2cc(C(C)(C)C)cc(C(C)(C)C)c2O)c(O)c(C(C)(C)C)c1.[Co].[Co]. The third-order valence-electron chi connectivity index (χ3n) is 16.7. The Labute approximate surface area is 520 Å². The van der Waals surface area contributed by atoms with E-state index < -0.39 is 0 Å². The summed E-state index contributed by atoms with van der Waals surface area (Å²) >= 11 is 0. The van der Waals surface area contributed by atoms with Gasteiger partial charge in [0.25, 0.3) is 0 Å². The van der Waals surface area contributed by atoms with Crippen molar-refractivity contribution in [3.05, 3.63) is 115 Å². The Kier molecular flexibility index (Phi) is 24.2. The summed E-state index contributed by atoms with van der Waals surface area (Å²) < 4.78 is 0. The van der Waals surface area contributed by atoms with Crippen LogP contribution in [0.25, 0.3) is 0 Å². The largest absolute Gasteiger partial charge is 0.507 e. The van der Waals surface area contributed by atoms with Gasteiger partial charge in [-0.05, 0) is 115 Å². The van der Waals surface area contributed by atoms with Gasteiger partial charge in [0.05, 0.1) is 12.1 Å². The average Bonchev–Trinajstić information content (AvgIpc) is 3.30. The van der Waals surface area contributed by atoms with Gasteiger partial charge in [-0.25, -0.2) is 0 Å². The third kappa shape index (κ3) is 19.2. The van der Waals surface area contributed by atoms with Gasteiger partial charge in [-0.1, -0.05) is 228 Å². The van der Waals surface area contributed by atoms with Gasteiger partial charge in [0.15, 0.2) is 0 Å². The molecule has 6 rings (SSSR count). The molecule has 2 saturated carbocycles. The van der Waals surface area contributed by atoms with Gasteiger partial charge in [0.1, 0.15) is 23.0 Å². The van der Waals surface area contributed by atoms with E-state index in [0.717, 1.165) is 83.0 Å². The fourth-order valence-corrected chi connectivity index (χ4v) is 11.1. The Balaban J connectivity index is 0.000000420. The molecule has 2 aliphatic carbocycles. The molecule has 6 N–H and O–H groups in total. The molecule has 0 aromatic heterocycles. The maximum Gasteiger partial charge on any atom is 0.128 e. The van der Waals surface area contributed by atoms with E-state index in [0.29, 0.717) is 36.1 Å². The Morgan fingerprint density at radius 2 is 0.598 bits per heavy atom. The molecule has 4 aromatic rings. The minimum atomic E-state index is -0.168. The van der Waals surface area contributed by atoms with Gasteiger partial charge >= 0.3 is 0 Å². The van der Waals surface area contributed by atoms with Crippen molar-refractivity contribution >= 4 is 12.4 Å². The summed E-state index contributed by atoms with van der Waals surface area (Å²) in [7, 11) is 0. The zero-order valence-corrected chi connectivity index (χ0v) is 57.6. The molecule has 0 bridgehead atoms. The van der Waals surface area contributed by atoms with Crippen LogP contribution in [-0.2, 0) is 90.0 Å². The molecule has 2 radical (unpaired) electrons. The number of nitrogens with one attached hydrogen (secondary N) is 2. The summed E-state index contributed by atoms with van der Waals surface area (Å²) in [5, 5.41) is 52.6. The van der Waals surface area contributed by atoms with Gasteiger partial charge in [-0.2, -0.15) is 0 Å². The molecule has 0 saturated heterocycles. The summed E-state index contributed by atoms with van der Waals surface area (Å²) in [6.45, 7) is 53.7. The average molecular weight is 1220 g/mol. The minimum Gasteiger partial charge on any atom is -0.507 e. The standard InChI is InChI=1S/2C36H56N2O2.2Co/c2*1-33(2,3)25-17-23(31(39)27(19-25)35(7,8)9)21-37-29-15-13-14-16-30(29)38-22-24-18-26(34(4,5)6)20-28(32(24)40)36(10,11)12;;/h2*17-21,29-30,38-40H,13-16,22H2,1-12H3;;. The van der Waals surface area contributed by atoms with Crippen LogP contribution in [0.4, 0.5) is 0 Å². The molecule has 462 valence electrons. The van der Waals surface area contributed by atoms with Crippen LogP contribution >= 0.6 is 0 Å². The fourth-order valence-electron chi connectivity index (χ4n) is 11.1. The zero-order valence-electron chi connectivity index (χ0n) is 55.5. The van der Waals surface area contributed by atoms with E-state index in [1.54, 1.807) is 0 Å². The monoisotopic (exact) mass is 1210 g/mol. The van der Waals surface area contributed by atoms with E-state index in [1.165, 1.54) is 35.1 Å². The van der Waals surface area contributed by atoms with Crippen LogP contribution in [0.3, 0.4) is 0 Å². The first kappa shape index (κ1) is 72.6. The van der Waals surface area contributed by atoms with Crippen molar-refractivity contribution in [1.29, 1.82) is 0 Å². The molecular weight excluding hydrogens is 1100 g/mol. The molecule has 4 unspecified atom stereocenters. The van der Waals surface area contributed by atoms with E-state index in [-0.39, 0.29) is 101 Å². The molecule has 0 spiro atoms. The zero-order chi connectivity index (χ0) is 60.5. The van der Waals surface area contributed by atoms with Crippen molar-refractivity contribution in [2.24, 2.45) is 9.98 Å². The summed E-state index contributed by atoms with van der Waals surface area (Å²) in [4.78, 5) is 10.2. The van der Waals surface area contributed by atoms with Crippen LogP contribution in [-0.4, -0.2) is 57.0 Å². The van der Waals surface area contributed by atoms with Crippen molar-refractivity contribution in [2.75, 3.05) is 0 Å². The smallest absolute Gasteiger partial charge is 0.128 e. The first-order valence-electron chi connectivity index (χ1n) is 30.4. The maximum absolute atomic E-state index is 11.3. The second-order valence-corrected chi connectivity index (χ2v) is 32.2. The quantitative estimate of drug-likeness (QED) is 0.0878. The second-order valence-electron chi connectivity index (χ2n) is 32.2. The topological polar surface area (TPSA) is 130 Å². The van der Waals surface area contributed by atoms with Gasteiger partial charge in [0.2, 0.25) is 0 Å². The predicted octanol–water partition coefficient (Wildman–Crippen LogP) is 17.6. The van der Waals surface area contributed by atoms with Crippen molar-refractivity contribution in [3.8, 4) is 23.0 Å². The number of benzene rings is 4. The number of aliphatic imine (C=N–C) groups is 2. The Hall–Kier alpha value is -3.65. The van der Waals surface area contributed by atoms with Crippen LogP contribution < -0.4 is 10.6 Å². The first-order chi connectivity index (χ1) is 36.4. The molecule has 2 fully saturated rings. The van der Waals surface area contributed by atoms with Crippen molar-refractivity contribution in [1.82, 2.24) is 10.6 Å².